The predicted molar refractivity (Wildman–Crippen MR) is 169 cm³/mol. The minimum atomic E-state index is 0.598. The normalized spacial score (nSPS) is 11.4. The van der Waals surface area contributed by atoms with Crippen LogP contribution in [0.1, 0.15) is 159 Å². The van der Waals surface area contributed by atoms with E-state index in [1.807, 2.05) is 11.8 Å². The van der Waals surface area contributed by atoms with Gasteiger partial charge in [0.25, 0.3) is 0 Å². The zero-order valence-corrected chi connectivity index (χ0v) is 26.0. The maximum Gasteiger partial charge on any atom is 0.122 e. The van der Waals surface area contributed by atoms with Crippen LogP contribution in [0.3, 0.4) is 0 Å². The SMILES string of the molecule is CCCCCCCCCc1cc(CSCCCCCCCC)cc(CSCCCCCCCC)c1O. The van der Waals surface area contributed by atoms with Crippen LogP contribution in [0.4, 0.5) is 0 Å². The molecular formula is C33H60OS2. The van der Waals surface area contributed by atoms with E-state index in [9.17, 15) is 5.11 Å². The number of phenols is 1. The molecule has 0 aromatic heterocycles. The monoisotopic (exact) mass is 536 g/mol. The Morgan fingerprint density at radius 3 is 1.44 bits per heavy atom. The molecule has 0 spiro atoms. The van der Waals surface area contributed by atoms with Crippen molar-refractivity contribution in [1.29, 1.82) is 0 Å². The molecule has 0 aliphatic heterocycles. The third-order valence-electron chi connectivity index (χ3n) is 7.19. The van der Waals surface area contributed by atoms with Crippen LogP contribution in [-0.4, -0.2) is 16.6 Å². The summed E-state index contributed by atoms with van der Waals surface area (Å²) in [6, 6.07) is 4.63. The lowest BCUT2D eigenvalue weighted by atomic mass is 9.99. The van der Waals surface area contributed by atoms with Crippen molar-refractivity contribution < 1.29 is 5.11 Å². The molecule has 36 heavy (non-hydrogen) atoms. The molecule has 1 N–H and O–H groups in total. The first kappa shape index (κ1) is 33.7. The van der Waals surface area contributed by atoms with Crippen LogP contribution >= 0.6 is 23.5 Å². The van der Waals surface area contributed by atoms with E-state index in [0.717, 1.165) is 17.9 Å². The Kier molecular flexibility index (Phi) is 23.5. The number of hydrogen-bond donors (Lipinski definition) is 1. The van der Waals surface area contributed by atoms with Crippen LogP contribution < -0.4 is 0 Å². The summed E-state index contributed by atoms with van der Waals surface area (Å²) in [7, 11) is 0. The van der Waals surface area contributed by atoms with E-state index in [2.05, 4.69) is 44.7 Å². The Morgan fingerprint density at radius 2 is 0.917 bits per heavy atom. The molecule has 1 aromatic carbocycles. The van der Waals surface area contributed by atoms with Gasteiger partial charge in [0.05, 0.1) is 0 Å². The van der Waals surface area contributed by atoms with Crippen molar-refractivity contribution in [1.82, 2.24) is 0 Å². The molecule has 0 heterocycles. The molecule has 1 rings (SSSR count). The van der Waals surface area contributed by atoms with Gasteiger partial charge in [-0.3, -0.25) is 0 Å². The molecule has 0 bridgehead atoms. The van der Waals surface area contributed by atoms with Gasteiger partial charge in [0, 0.05) is 17.1 Å². The van der Waals surface area contributed by atoms with Gasteiger partial charge in [-0.25, -0.2) is 0 Å². The van der Waals surface area contributed by atoms with E-state index in [4.69, 9.17) is 0 Å². The zero-order valence-electron chi connectivity index (χ0n) is 24.4. The molecular weight excluding hydrogens is 476 g/mol. The first-order valence-electron chi connectivity index (χ1n) is 15.7. The maximum atomic E-state index is 11.1. The number of unbranched alkanes of at least 4 members (excludes halogenated alkanes) is 16. The lowest BCUT2D eigenvalue weighted by Gasteiger charge is -2.14. The van der Waals surface area contributed by atoms with Crippen LogP contribution in [0.25, 0.3) is 0 Å². The van der Waals surface area contributed by atoms with Crippen molar-refractivity contribution >= 4 is 23.5 Å². The standard InChI is InChI=1S/C33H60OS2/c1-4-7-10-13-16-17-20-23-31-26-30(28-35-24-21-18-14-11-8-5-2)27-32(33(31)34)29-36-25-22-19-15-12-9-6-3/h26-27,34H,4-25,28-29H2,1-3H3. The Balaban J connectivity index is 2.52. The van der Waals surface area contributed by atoms with E-state index in [1.54, 1.807) is 0 Å². The molecule has 3 heteroatoms. The van der Waals surface area contributed by atoms with Gasteiger partial charge in [0.2, 0.25) is 0 Å². The summed E-state index contributed by atoms with van der Waals surface area (Å²) in [5, 5.41) is 11.1. The summed E-state index contributed by atoms with van der Waals surface area (Å²) in [4.78, 5) is 0. The van der Waals surface area contributed by atoms with Gasteiger partial charge < -0.3 is 5.11 Å². The van der Waals surface area contributed by atoms with Gasteiger partial charge in [0.1, 0.15) is 5.75 Å². The number of aryl methyl sites for hydroxylation is 1. The largest absolute Gasteiger partial charge is 0.507 e. The van der Waals surface area contributed by atoms with Crippen LogP contribution in [0.5, 0.6) is 5.75 Å². The molecule has 0 atom stereocenters. The quantitative estimate of drug-likeness (QED) is 0.119. The summed E-state index contributed by atoms with van der Waals surface area (Å²) in [6.07, 6.45) is 26.7. The first-order chi connectivity index (χ1) is 17.7. The summed E-state index contributed by atoms with van der Waals surface area (Å²) in [6.45, 7) is 6.85. The smallest absolute Gasteiger partial charge is 0.122 e. The minimum Gasteiger partial charge on any atom is -0.507 e. The van der Waals surface area contributed by atoms with Crippen molar-refractivity contribution in [3.05, 3.63) is 28.8 Å². The van der Waals surface area contributed by atoms with Crippen LogP contribution in [0, 0.1) is 0 Å². The topological polar surface area (TPSA) is 20.2 Å². The van der Waals surface area contributed by atoms with E-state index in [1.165, 1.54) is 150 Å². The summed E-state index contributed by atoms with van der Waals surface area (Å²) in [5.74, 6) is 5.13. The van der Waals surface area contributed by atoms with E-state index in [0.29, 0.717) is 5.75 Å². The number of hydrogen-bond acceptors (Lipinski definition) is 3. The van der Waals surface area contributed by atoms with E-state index < -0.39 is 0 Å². The van der Waals surface area contributed by atoms with Gasteiger partial charge in [-0.1, -0.05) is 136 Å². The molecule has 0 saturated heterocycles. The van der Waals surface area contributed by atoms with Crippen LogP contribution in [-0.2, 0) is 17.9 Å². The third-order valence-corrected chi connectivity index (χ3v) is 9.40. The van der Waals surface area contributed by atoms with Gasteiger partial charge in [-0.05, 0) is 48.3 Å². The van der Waals surface area contributed by atoms with Crippen molar-refractivity contribution in [2.24, 2.45) is 0 Å². The molecule has 0 saturated carbocycles. The van der Waals surface area contributed by atoms with Crippen molar-refractivity contribution in [3.63, 3.8) is 0 Å². The molecule has 0 radical (unpaired) electrons. The molecule has 0 aliphatic rings. The van der Waals surface area contributed by atoms with Crippen molar-refractivity contribution in [3.8, 4) is 5.75 Å². The highest BCUT2D eigenvalue weighted by atomic mass is 32.2. The Labute approximate surface area is 234 Å². The lowest BCUT2D eigenvalue weighted by molar-refractivity contribution is 0.461. The Hall–Kier alpha value is -0.280. The Bertz CT molecular complexity index is 616. The average molecular weight is 537 g/mol. The molecule has 1 aromatic rings. The van der Waals surface area contributed by atoms with Gasteiger partial charge in [-0.2, -0.15) is 23.5 Å². The first-order valence-corrected chi connectivity index (χ1v) is 18.0. The second-order valence-corrected chi connectivity index (χ2v) is 13.0. The number of aromatic hydroxyl groups is 1. The highest BCUT2D eigenvalue weighted by molar-refractivity contribution is 7.98. The van der Waals surface area contributed by atoms with Crippen molar-refractivity contribution in [2.45, 2.75) is 161 Å². The minimum absolute atomic E-state index is 0.598. The van der Waals surface area contributed by atoms with Crippen molar-refractivity contribution in [2.75, 3.05) is 11.5 Å². The number of phenolic OH excluding ortho intramolecular Hbond substituents is 1. The van der Waals surface area contributed by atoms with Gasteiger partial charge in [0.15, 0.2) is 0 Å². The fourth-order valence-electron chi connectivity index (χ4n) is 4.83. The predicted octanol–water partition coefficient (Wildman–Crippen LogP) is 11.9. The highest BCUT2D eigenvalue weighted by Gasteiger charge is 2.11. The second-order valence-electron chi connectivity index (χ2n) is 10.8. The zero-order chi connectivity index (χ0) is 26.1. The molecule has 1 nitrogen and oxygen atoms in total. The van der Waals surface area contributed by atoms with Gasteiger partial charge >= 0.3 is 0 Å². The Morgan fingerprint density at radius 1 is 0.500 bits per heavy atom. The van der Waals surface area contributed by atoms with Gasteiger partial charge in [-0.15, -0.1) is 0 Å². The highest BCUT2D eigenvalue weighted by Crippen LogP contribution is 2.31. The summed E-state index contributed by atoms with van der Waals surface area (Å²) < 4.78 is 0. The summed E-state index contributed by atoms with van der Waals surface area (Å²) in [5.41, 5.74) is 3.81. The fourth-order valence-corrected chi connectivity index (χ4v) is 6.78. The molecule has 0 unspecified atom stereocenters. The van der Waals surface area contributed by atoms with E-state index >= 15 is 0 Å². The van der Waals surface area contributed by atoms with E-state index in [-0.39, 0.29) is 0 Å². The fraction of sp³-hybridized carbons (Fsp3) is 0.818. The molecule has 0 fully saturated rings. The lowest BCUT2D eigenvalue weighted by Crippen LogP contribution is -1.96. The van der Waals surface area contributed by atoms with Crippen LogP contribution in [0.2, 0.25) is 0 Å². The number of benzene rings is 1. The molecule has 210 valence electrons. The second kappa shape index (κ2) is 25.0. The average Bonchev–Trinajstić information content (AvgIpc) is 2.88. The third kappa shape index (κ3) is 18.1. The molecule has 0 amide bonds. The van der Waals surface area contributed by atoms with Crippen LogP contribution in [0.15, 0.2) is 12.1 Å². The number of rotatable bonds is 26. The maximum absolute atomic E-state index is 11.1. The summed E-state index contributed by atoms with van der Waals surface area (Å²) >= 11 is 4.10. The number of thioether (sulfide) groups is 2. The molecule has 0 aliphatic carbocycles.